The van der Waals surface area contributed by atoms with Gasteiger partial charge < -0.3 is 5.32 Å². The van der Waals surface area contributed by atoms with E-state index in [0.717, 1.165) is 16.7 Å². The molecule has 1 amide bonds. The van der Waals surface area contributed by atoms with Gasteiger partial charge in [-0.1, -0.05) is 53.5 Å². The molecule has 8 heteroatoms. The number of nitrogens with one attached hydrogen (secondary N) is 1. The first-order valence-electron chi connectivity index (χ1n) is 9.50. The Hall–Kier alpha value is -1.60. The molecule has 1 N–H and O–H groups in total. The summed E-state index contributed by atoms with van der Waals surface area (Å²) >= 11 is 12.0. The summed E-state index contributed by atoms with van der Waals surface area (Å²) in [5.41, 5.74) is 2.57. The summed E-state index contributed by atoms with van der Waals surface area (Å²) in [5, 5.41) is 3.95. The van der Waals surface area contributed by atoms with Crippen LogP contribution in [0.15, 0.2) is 42.5 Å². The van der Waals surface area contributed by atoms with Crippen LogP contribution < -0.4 is 5.32 Å². The summed E-state index contributed by atoms with van der Waals surface area (Å²) in [6.07, 6.45) is 1.01. The first kappa shape index (κ1) is 22.1. The van der Waals surface area contributed by atoms with Gasteiger partial charge in [0.2, 0.25) is 15.9 Å². The van der Waals surface area contributed by atoms with Crippen LogP contribution in [0.2, 0.25) is 10.0 Å². The number of amides is 1. The van der Waals surface area contributed by atoms with Gasteiger partial charge in [-0.15, -0.1) is 0 Å². The monoisotopic (exact) mass is 454 g/mol. The van der Waals surface area contributed by atoms with Crippen molar-refractivity contribution in [1.82, 2.24) is 9.62 Å². The highest BCUT2D eigenvalue weighted by Gasteiger charge is 2.31. The van der Waals surface area contributed by atoms with Gasteiger partial charge in [-0.2, -0.15) is 0 Å². The van der Waals surface area contributed by atoms with Crippen LogP contribution in [0.25, 0.3) is 0 Å². The molecule has 1 saturated heterocycles. The molecule has 1 aliphatic heterocycles. The van der Waals surface area contributed by atoms with Crippen LogP contribution in [-0.2, 0) is 27.1 Å². The highest BCUT2D eigenvalue weighted by Crippen LogP contribution is 2.24. The van der Waals surface area contributed by atoms with Gasteiger partial charge in [0.1, 0.15) is 0 Å². The van der Waals surface area contributed by atoms with E-state index < -0.39 is 10.0 Å². The molecule has 0 aromatic heterocycles. The number of carbonyl (C=O) groups is 1. The Balaban J connectivity index is 1.53. The summed E-state index contributed by atoms with van der Waals surface area (Å²) < 4.78 is 27.0. The van der Waals surface area contributed by atoms with Gasteiger partial charge in [0.15, 0.2) is 0 Å². The van der Waals surface area contributed by atoms with Crippen molar-refractivity contribution in [3.05, 3.63) is 69.2 Å². The highest BCUT2D eigenvalue weighted by molar-refractivity contribution is 7.88. The van der Waals surface area contributed by atoms with Gasteiger partial charge in [0.05, 0.1) is 5.75 Å². The fourth-order valence-electron chi connectivity index (χ4n) is 3.45. The van der Waals surface area contributed by atoms with E-state index in [4.69, 9.17) is 23.2 Å². The standard InChI is InChI=1S/C21H24Cl2N2O3S/c1-15-4-2-3-5-18(15)14-29(27,28)25-10-8-16(9-11-25)21(26)24-13-17-6-7-19(22)12-20(17)23/h2-7,12,16H,8-11,13-14H2,1H3,(H,24,26). The summed E-state index contributed by atoms with van der Waals surface area (Å²) in [4.78, 5) is 12.5. The van der Waals surface area contributed by atoms with Gasteiger partial charge in [0.25, 0.3) is 0 Å². The molecule has 156 valence electrons. The quantitative estimate of drug-likeness (QED) is 0.712. The molecule has 0 radical (unpaired) electrons. The number of nitrogens with zero attached hydrogens (tertiary/aromatic N) is 1. The Kier molecular flexibility index (Phi) is 7.22. The van der Waals surface area contributed by atoms with Crippen molar-refractivity contribution in [2.45, 2.75) is 32.1 Å². The fourth-order valence-corrected chi connectivity index (χ4v) is 5.59. The molecule has 5 nitrogen and oxygen atoms in total. The molecule has 2 aromatic rings. The van der Waals surface area contributed by atoms with Gasteiger partial charge >= 0.3 is 0 Å². The fraction of sp³-hybridized carbons (Fsp3) is 0.381. The SMILES string of the molecule is Cc1ccccc1CS(=O)(=O)N1CCC(C(=O)NCc2ccc(Cl)cc2Cl)CC1. The van der Waals surface area contributed by atoms with E-state index >= 15 is 0 Å². The molecule has 2 aromatic carbocycles. The van der Waals surface area contributed by atoms with Crippen molar-refractivity contribution in [2.75, 3.05) is 13.1 Å². The van der Waals surface area contributed by atoms with E-state index in [0.29, 0.717) is 42.5 Å². The minimum absolute atomic E-state index is 0.00833. The molecule has 1 fully saturated rings. The van der Waals surface area contributed by atoms with Crippen LogP contribution in [0.3, 0.4) is 0 Å². The minimum Gasteiger partial charge on any atom is -0.352 e. The normalized spacial score (nSPS) is 16.0. The molecule has 1 aliphatic rings. The van der Waals surface area contributed by atoms with Crippen LogP contribution in [0, 0.1) is 12.8 Å². The third-order valence-electron chi connectivity index (χ3n) is 5.29. The summed E-state index contributed by atoms with van der Waals surface area (Å²) in [5.74, 6) is -0.288. The zero-order valence-electron chi connectivity index (χ0n) is 16.2. The number of hydrogen-bond donors (Lipinski definition) is 1. The average molecular weight is 455 g/mol. The summed E-state index contributed by atoms with van der Waals surface area (Å²) in [7, 11) is -3.40. The maximum absolute atomic E-state index is 12.8. The van der Waals surface area contributed by atoms with Crippen LogP contribution in [-0.4, -0.2) is 31.7 Å². The summed E-state index contributed by atoms with van der Waals surface area (Å²) in [6.45, 7) is 2.94. The van der Waals surface area contributed by atoms with Crippen molar-refractivity contribution in [3.8, 4) is 0 Å². The van der Waals surface area contributed by atoms with Gasteiger partial charge in [0, 0.05) is 35.6 Å². The van der Waals surface area contributed by atoms with Crippen LogP contribution in [0.5, 0.6) is 0 Å². The molecule has 29 heavy (non-hydrogen) atoms. The van der Waals surface area contributed by atoms with E-state index in [1.54, 1.807) is 18.2 Å². The van der Waals surface area contributed by atoms with Gasteiger partial charge in [-0.25, -0.2) is 12.7 Å². The number of rotatable bonds is 6. The van der Waals surface area contributed by atoms with E-state index in [9.17, 15) is 13.2 Å². The third-order valence-corrected chi connectivity index (χ3v) is 7.70. The number of halogens is 2. The van der Waals surface area contributed by atoms with Crippen LogP contribution in [0.1, 0.15) is 29.5 Å². The Morgan fingerprint density at radius 2 is 1.79 bits per heavy atom. The molecule has 0 spiro atoms. The maximum Gasteiger partial charge on any atom is 0.223 e. The Labute approximate surface area is 182 Å². The van der Waals surface area contributed by atoms with Crippen LogP contribution >= 0.6 is 23.2 Å². The second-order valence-corrected chi connectivity index (χ2v) is 10.1. The minimum atomic E-state index is -3.40. The lowest BCUT2D eigenvalue weighted by Crippen LogP contribution is -2.43. The molecule has 1 heterocycles. The van der Waals surface area contributed by atoms with Crippen molar-refractivity contribution >= 4 is 39.1 Å². The van der Waals surface area contributed by atoms with Crippen molar-refractivity contribution in [3.63, 3.8) is 0 Å². The zero-order chi connectivity index (χ0) is 21.0. The largest absolute Gasteiger partial charge is 0.352 e. The highest BCUT2D eigenvalue weighted by atomic mass is 35.5. The Morgan fingerprint density at radius 1 is 1.10 bits per heavy atom. The lowest BCUT2D eigenvalue weighted by molar-refractivity contribution is -0.126. The maximum atomic E-state index is 12.8. The van der Waals surface area contributed by atoms with E-state index in [1.165, 1.54) is 4.31 Å². The van der Waals surface area contributed by atoms with Crippen LogP contribution in [0.4, 0.5) is 0 Å². The van der Waals surface area contributed by atoms with E-state index in [2.05, 4.69) is 5.32 Å². The number of carbonyl (C=O) groups excluding carboxylic acids is 1. The molecule has 0 atom stereocenters. The topological polar surface area (TPSA) is 66.5 Å². The van der Waals surface area contributed by atoms with Crippen molar-refractivity contribution in [2.24, 2.45) is 5.92 Å². The number of sulfonamides is 1. The molecule has 3 rings (SSSR count). The molecule has 0 unspecified atom stereocenters. The van der Waals surface area contributed by atoms with Gasteiger partial charge in [-0.3, -0.25) is 4.79 Å². The number of aryl methyl sites for hydroxylation is 1. The van der Waals surface area contributed by atoms with Gasteiger partial charge in [-0.05, 0) is 48.6 Å². The number of benzene rings is 2. The van der Waals surface area contributed by atoms with Crippen molar-refractivity contribution in [1.29, 1.82) is 0 Å². The average Bonchev–Trinajstić information content (AvgIpc) is 2.69. The first-order chi connectivity index (χ1) is 13.8. The smallest absolute Gasteiger partial charge is 0.223 e. The van der Waals surface area contributed by atoms with E-state index in [-0.39, 0.29) is 17.6 Å². The predicted octanol–water partition coefficient (Wildman–Crippen LogP) is 4.16. The molecule has 0 saturated carbocycles. The zero-order valence-corrected chi connectivity index (χ0v) is 18.5. The Morgan fingerprint density at radius 3 is 2.45 bits per heavy atom. The molecular weight excluding hydrogens is 431 g/mol. The first-order valence-corrected chi connectivity index (χ1v) is 11.9. The molecule has 0 aliphatic carbocycles. The number of hydrogen-bond acceptors (Lipinski definition) is 3. The lowest BCUT2D eigenvalue weighted by atomic mass is 9.97. The number of piperidine rings is 1. The molecule has 0 bridgehead atoms. The lowest BCUT2D eigenvalue weighted by Gasteiger charge is -2.30. The second-order valence-electron chi connectivity index (χ2n) is 7.31. The second kappa shape index (κ2) is 9.47. The molecular formula is C21H24Cl2N2O3S. The Bertz CT molecular complexity index is 987. The van der Waals surface area contributed by atoms with E-state index in [1.807, 2.05) is 31.2 Å². The predicted molar refractivity (Wildman–Crippen MR) is 116 cm³/mol. The summed E-state index contributed by atoms with van der Waals surface area (Å²) in [6, 6.07) is 12.7. The van der Waals surface area contributed by atoms with Crippen molar-refractivity contribution < 1.29 is 13.2 Å². The third kappa shape index (κ3) is 5.72.